The summed E-state index contributed by atoms with van der Waals surface area (Å²) in [6.07, 6.45) is 4.11. The maximum absolute atomic E-state index is 13.2. The molecule has 0 atom stereocenters. The van der Waals surface area contributed by atoms with Crippen LogP contribution in [0.5, 0.6) is 11.5 Å². The van der Waals surface area contributed by atoms with Gasteiger partial charge in [-0.1, -0.05) is 19.1 Å². The minimum atomic E-state index is 0.0368. The summed E-state index contributed by atoms with van der Waals surface area (Å²) in [5, 5.41) is 4.45. The molecular weight excluding hydrogens is 406 g/mol. The number of ether oxygens (including phenoxy) is 2. The van der Waals surface area contributed by atoms with Gasteiger partial charge in [-0.15, -0.1) is 0 Å². The van der Waals surface area contributed by atoms with Crippen LogP contribution in [0.4, 0.5) is 0 Å². The molecule has 0 aliphatic carbocycles. The molecule has 1 aromatic carbocycles. The van der Waals surface area contributed by atoms with Crippen molar-refractivity contribution < 1.29 is 14.3 Å². The summed E-state index contributed by atoms with van der Waals surface area (Å²) >= 11 is 0. The molecule has 0 saturated carbocycles. The van der Waals surface area contributed by atoms with E-state index in [-0.39, 0.29) is 5.91 Å². The molecule has 4 rings (SSSR count). The molecule has 0 spiro atoms. The van der Waals surface area contributed by atoms with Gasteiger partial charge in [0.1, 0.15) is 0 Å². The Morgan fingerprint density at radius 3 is 2.47 bits per heavy atom. The van der Waals surface area contributed by atoms with E-state index in [1.807, 2.05) is 42.2 Å². The topological polar surface area (TPSA) is 72.7 Å². The fourth-order valence-electron chi connectivity index (χ4n) is 4.09. The van der Waals surface area contributed by atoms with E-state index in [2.05, 4.69) is 21.0 Å². The number of methoxy groups -OCH3 is 2. The van der Waals surface area contributed by atoms with Gasteiger partial charge in [-0.25, -0.2) is 9.67 Å². The van der Waals surface area contributed by atoms with Crippen molar-refractivity contribution in [3.63, 3.8) is 0 Å². The Morgan fingerprint density at radius 2 is 1.81 bits per heavy atom. The SMILES string of the molecule is CCc1c(C(=O)N2CCN(Cc3ccc(OC)c(OC)c3)CC2)cnn1-c1ccccn1. The van der Waals surface area contributed by atoms with Gasteiger partial charge in [-0.05, 0) is 36.2 Å². The van der Waals surface area contributed by atoms with Crippen LogP contribution in [0, 0.1) is 0 Å². The van der Waals surface area contributed by atoms with E-state index in [9.17, 15) is 4.79 Å². The second-order valence-electron chi connectivity index (χ2n) is 7.72. The van der Waals surface area contributed by atoms with E-state index in [0.29, 0.717) is 25.1 Å². The van der Waals surface area contributed by atoms with Crippen LogP contribution in [0.25, 0.3) is 5.82 Å². The number of nitrogens with zero attached hydrogens (tertiary/aromatic N) is 5. The molecule has 8 nitrogen and oxygen atoms in total. The molecule has 8 heteroatoms. The smallest absolute Gasteiger partial charge is 0.257 e. The molecule has 1 aliphatic heterocycles. The molecule has 32 heavy (non-hydrogen) atoms. The monoisotopic (exact) mass is 435 g/mol. The van der Waals surface area contributed by atoms with E-state index < -0.39 is 0 Å². The van der Waals surface area contributed by atoms with Gasteiger partial charge in [0, 0.05) is 38.9 Å². The largest absolute Gasteiger partial charge is 0.493 e. The van der Waals surface area contributed by atoms with Crippen molar-refractivity contribution >= 4 is 5.91 Å². The number of piperazine rings is 1. The third kappa shape index (κ3) is 4.45. The van der Waals surface area contributed by atoms with Crippen LogP contribution in [0.2, 0.25) is 0 Å². The van der Waals surface area contributed by atoms with Crippen molar-refractivity contribution in [3.05, 3.63) is 65.6 Å². The molecule has 0 bridgehead atoms. The van der Waals surface area contributed by atoms with Gasteiger partial charge >= 0.3 is 0 Å². The molecular formula is C24H29N5O3. The van der Waals surface area contributed by atoms with E-state index in [4.69, 9.17) is 9.47 Å². The van der Waals surface area contributed by atoms with Crippen LogP contribution >= 0.6 is 0 Å². The molecule has 1 aliphatic rings. The number of carbonyl (C=O) groups excluding carboxylic acids is 1. The summed E-state index contributed by atoms with van der Waals surface area (Å²) in [4.78, 5) is 21.9. The fraction of sp³-hybridized carbons (Fsp3) is 0.375. The molecule has 1 amide bonds. The predicted molar refractivity (Wildman–Crippen MR) is 121 cm³/mol. The molecule has 1 saturated heterocycles. The van der Waals surface area contributed by atoms with Crippen LogP contribution in [-0.2, 0) is 13.0 Å². The molecule has 1 fully saturated rings. The number of hydrogen-bond acceptors (Lipinski definition) is 6. The highest BCUT2D eigenvalue weighted by molar-refractivity contribution is 5.95. The van der Waals surface area contributed by atoms with Crippen LogP contribution in [0.3, 0.4) is 0 Å². The maximum atomic E-state index is 13.2. The Hall–Kier alpha value is -3.39. The van der Waals surface area contributed by atoms with Gasteiger partial charge in [-0.2, -0.15) is 5.10 Å². The molecule has 3 aromatic rings. The highest BCUT2D eigenvalue weighted by atomic mass is 16.5. The van der Waals surface area contributed by atoms with Gasteiger partial charge in [0.25, 0.3) is 5.91 Å². The first-order valence-corrected chi connectivity index (χ1v) is 10.9. The number of aromatic nitrogens is 3. The predicted octanol–water partition coefficient (Wildman–Crippen LogP) is 2.80. The molecule has 0 N–H and O–H groups in total. The number of amides is 1. The van der Waals surface area contributed by atoms with Gasteiger partial charge in [0.2, 0.25) is 0 Å². The number of hydrogen-bond donors (Lipinski definition) is 0. The van der Waals surface area contributed by atoms with E-state index in [0.717, 1.165) is 48.2 Å². The second kappa shape index (κ2) is 9.82. The summed E-state index contributed by atoms with van der Waals surface area (Å²) in [6, 6.07) is 11.7. The second-order valence-corrected chi connectivity index (χ2v) is 7.72. The minimum absolute atomic E-state index is 0.0368. The lowest BCUT2D eigenvalue weighted by Crippen LogP contribution is -2.48. The van der Waals surface area contributed by atoms with Crippen molar-refractivity contribution in [3.8, 4) is 17.3 Å². The van der Waals surface area contributed by atoms with Gasteiger partial charge in [0.05, 0.1) is 31.7 Å². The van der Waals surface area contributed by atoms with Crippen molar-refractivity contribution in [2.24, 2.45) is 0 Å². The Morgan fingerprint density at radius 1 is 1.03 bits per heavy atom. The zero-order valence-electron chi connectivity index (χ0n) is 18.8. The maximum Gasteiger partial charge on any atom is 0.257 e. The fourth-order valence-corrected chi connectivity index (χ4v) is 4.09. The average molecular weight is 436 g/mol. The highest BCUT2D eigenvalue weighted by Gasteiger charge is 2.26. The van der Waals surface area contributed by atoms with Crippen LogP contribution in [0.1, 0.15) is 28.5 Å². The molecule has 0 unspecified atom stereocenters. The van der Waals surface area contributed by atoms with E-state index in [1.165, 1.54) is 0 Å². The Balaban J connectivity index is 1.41. The first kappa shape index (κ1) is 21.8. The Kier molecular flexibility index (Phi) is 6.70. The summed E-state index contributed by atoms with van der Waals surface area (Å²) < 4.78 is 12.5. The van der Waals surface area contributed by atoms with Gasteiger partial charge in [-0.3, -0.25) is 9.69 Å². The lowest BCUT2D eigenvalue weighted by molar-refractivity contribution is 0.0627. The standard InChI is InChI=1S/C24H29N5O3/c1-4-20-19(16-26-29(20)23-7-5-6-10-25-23)24(30)28-13-11-27(12-14-28)17-18-8-9-21(31-2)22(15-18)32-3/h5-10,15-16H,4,11-14,17H2,1-3H3. The van der Waals surface area contributed by atoms with Crippen LogP contribution < -0.4 is 9.47 Å². The van der Waals surface area contributed by atoms with E-state index in [1.54, 1.807) is 31.3 Å². The average Bonchev–Trinajstić information content (AvgIpc) is 3.28. The summed E-state index contributed by atoms with van der Waals surface area (Å²) in [7, 11) is 3.28. The van der Waals surface area contributed by atoms with Crippen LogP contribution in [0.15, 0.2) is 48.8 Å². The summed E-state index contributed by atoms with van der Waals surface area (Å²) in [5.41, 5.74) is 2.71. The zero-order chi connectivity index (χ0) is 22.5. The minimum Gasteiger partial charge on any atom is -0.493 e. The lowest BCUT2D eigenvalue weighted by Gasteiger charge is -2.34. The number of rotatable bonds is 7. The number of carbonyl (C=O) groups is 1. The zero-order valence-corrected chi connectivity index (χ0v) is 18.8. The molecule has 2 aromatic heterocycles. The summed E-state index contributed by atoms with van der Waals surface area (Å²) in [5.74, 6) is 2.22. The van der Waals surface area contributed by atoms with Crippen molar-refractivity contribution in [1.82, 2.24) is 24.6 Å². The number of pyridine rings is 1. The first-order valence-electron chi connectivity index (χ1n) is 10.9. The van der Waals surface area contributed by atoms with Gasteiger partial charge in [0.15, 0.2) is 17.3 Å². The van der Waals surface area contributed by atoms with Crippen molar-refractivity contribution in [2.75, 3.05) is 40.4 Å². The summed E-state index contributed by atoms with van der Waals surface area (Å²) in [6.45, 7) is 5.84. The molecule has 3 heterocycles. The highest BCUT2D eigenvalue weighted by Crippen LogP contribution is 2.28. The third-order valence-corrected chi connectivity index (χ3v) is 5.81. The lowest BCUT2D eigenvalue weighted by atomic mass is 10.1. The van der Waals surface area contributed by atoms with Crippen LogP contribution in [-0.4, -0.2) is 70.9 Å². The molecule has 0 radical (unpaired) electrons. The normalized spacial score (nSPS) is 14.4. The quantitative estimate of drug-likeness (QED) is 0.568. The Bertz CT molecular complexity index is 1060. The van der Waals surface area contributed by atoms with Crippen molar-refractivity contribution in [2.45, 2.75) is 19.9 Å². The first-order chi connectivity index (χ1) is 15.6. The third-order valence-electron chi connectivity index (χ3n) is 5.81. The van der Waals surface area contributed by atoms with Crippen molar-refractivity contribution in [1.29, 1.82) is 0 Å². The van der Waals surface area contributed by atoms with E-state index >= 15 is 0 Å². The molecule has 168 valence electrons. The van der Waals surface area contributed by atoms with Gasteiger partial charge < -0.3 is 14.4 Å². The Labute approximate surface area is 188 Å². The number of benzene rings is 1.